The summed E-state index contributed by atoms with van der Waals surface area (Å²) in [5.41, 5.74) is 6.63. The van der Waals surface area contributed by atoms with Gasteiger partial charge in [0.15, 0.2) is 6.29 Å². The van der Waals surface area contributed by atoms with Gasteiger partial charge in [-0.05, 0) is 78.6 Å². The summed E-state index contributed by atoms with van der Waals surface area (Å²) in [5, 5.41) is 53.3. The molecule has 0 aliphatic carbocycles. The zero-order valence-corrected chi connectivity index (χ0v) is 24.8. The number of primary amides is 1. The largest absolute Gasteiger partial charge is 0.488 e. The first kappa shape index (κ1) is 33.8. The maximum Gasteiger partial charge on any atom is 0.336 e. The molecule has 0 fully saturated rings. The van der Waals surface area contributed by atoms with Gasteiger partial charge in [-0.25, -0.2) is 4.79 Å². The SMILES string of the molecule is N#Cc1cc(NC(=O)c2ccccc2C(=O)O)ccc1OCc1ccc(C(=O)Nc2ccc(CCCO)cc2C(N)=O)c(C(O)O)c1. The Morgan fingerprint density at radius 2 is 1.53 bits per heavy atom. The van der Waals surface area contributed by atoms with E-state index >= 15 is 0 Å². The van der Waals surface area contributed by atoms with Gasteiger partial charge >= 0.3 is 5.97 Å². The van der Waals surface area contributed by atoms with Gasteiger partial charge in [0, 0.05) is 23.4 Å². The van der Waals surface area contributed by atoms with E-state index in [0.29, 0.717) is 18.4 Å². The second-order valence-electron chi connectivity index (χ2n) is 10.2. The summed E-state index contributed by atoms with van der Waals surface area (Å²) >= 11 is 0. The Balaban J connectivity index is 1.49. The molecule has 0 bridgehead atoms. The summed E-state index contributed by atoms with van der Waals surface area (Å²) in [7, 11) is 0. The standard InChI is InChI=1S/C34H30N4O9/c35-17-21-16-22(37-31(41)23-5-1-2-6-25(23)33(43)44)9-12-29(21)47-18-20-7-10-24(26(15-20)34(45)46)32(42)38-28-11-8-19(4-3-13-39)14-27(28)30(36)40/h1-2,5-12,14-16,34,39,45-46H,3-4,13,18H2,(H2,36,40)(H,37,41)(H,38,42)(H,43,44). The molecule has 0 heterocycles. The molecule has 240 valence electrons. The molecule has 0 aliphatic heterocycles. The highest BCUT2D eigenvalue weighted by atomic mass is 16.5. The second-order valence-corrected chi connectivity index (χ2v) is 10.2. The second kappa shape index (κ2) is 15.3. The third kappa shape index (κ3) is 8.35. The number of nitrogens with one attached hydrogen (secondary N) is 2. The third-order valence-corrected chi connectivity index (χ3v) is 7.01. The number of hydrogen-bond acceptors (Lipinski definition) is 9. The lowest BCUT2D eigenvalue weighted by atomic mass is 10.0. The first-order valence-corrected chi connectivity index (χ1v) is 14.2. The molecule has 0 spiro atoms. The van der Waals surface area contributed by atoms with Gasteiger partial charge in [-0.3, -0.25) is 14.4 Å². The van der Waals surface area contributed by atoms with Crippen LogP contribution < -0.4 is 21.1 Å². The first-order valence-electron chi connectivity index (χ1n) is 14.2. The Labute approximate surface area is 268 Å². The summed E-state index contributed by atoms with van der Waals surface area (Å²) in [5.74, 6) is -3.31. The van der Waals surface area contributed by atoms with E-state index in [1.54, 1.807) is 6.07 Å². The molecule has 0 radical (unpaired) electrons. The van der Waals surface area contributed by atoms with Gasteiger partial charge in [0.25, 0.3) is 17.7 Å². The number of carbonyl (C=O) groups excluding carboxylic acids is 3. The van der Waals surface area contributed by atoms with E-state index < -0.39 is 30.0 Å². The normalized spacial score (nSPS) is 10.6. The fraction of sp³-hybridized carbons (Fsp3) is 0.147. The number of aliphatic hydroxyl groups excluding tert-OH is 2. The van der Waals surface area contributed by atoms with Gasteiger partial charge in [0.1, 0.15) is 18.4 Å². The van der Waals surface area contributed by atoms with Crippen LogP contribution in [0.25, 0.3) is 0 Å². The number of nitriles is 1. The molecule has 47 heavy (non-hydrogen) atoms. The van der Waals surface area contributed by atoms with Crippen LogP contribution in [-0.2, 0) is 13.0 Å². The predicted octanol–water partition coefficient (Wildman–Crippen LogP) is 3.35. The molecular weight excluding hydrogens is 608 g/mol. The number of amides is 3. The third-order valence-electron chi connectivity index (χ3n) is 7.01. The Morgan fingerprint density at radius 1 is 0.830 bits per heavy atom. The molecule has 8 N–H and O–H groups in total. The molecule has 0 saturated carbocycles. The molecule has 4 aromatic rings. The van der Waals surface area contributed by atoms with Crippen molar-refractivity contribution in [1.82, 2.24) is 0 Å². The summed E-state index contributed by atoms with van der Waals surface area (Å²) in [4.78, 5) is 49.4. The smallest absolute Gasteiger partial charge is 0.336 e. The molecule has 0 aliphatic rings. The van der Waals surface area contributed by atoms with E-state index in [1.807, 2.05) is 6.07 Å². The van der Waals surface area contributed by atoms with Crippen molar-refractivity contribution in [3.63, 3.8) is 0 Å². The van der Waals surface area contributed by atoms with E-state index in [0.717, 1.165) is 5.56 Å². The number of anilines is 2. The van der Waals surface area contributed by atoms with Crippen molar-refractivity contribution in [2.75, 3.05) is 17.2 Å². The lowest BCUT2D eigenvalue weighted by Gasteiger charge is -2.16. The number of hydrogen-bond donors (Lipinski definition) is 7. The van der Waals surface area contributed by atoms with Crippen molar-refractivity contribution in [2.24, 2.45) is 5.73 Å². The predicted molar refractivity (Wildman–Crippen MR) is 169 cm³/mol. The van der Waals surface area contributed by atoms with Crippen LogP contribution in [0.2, 0.25) is 0 Å². The van der Waals surface area contributed by atoms with E-state index in [4.69, 9.17) is 15.6 Å². The zero-order chi connectivity index (χ0) is 34.1. The number of ether oxygens (including phenoxy) is 1. The molecule has 4 rings (SSSR count). The Bertz CT molecular complexity index is 1880. The number of nitrogens with zero attached hydrogens (tertiary/aromatic N) is 1. The maximum atomic E-state index is 13.2. The average Bonchev–Trinajstić information content (AvgIpc) is 3.06. The number of aromatic carboxylic acids is 1. The van der Waals surface area contributed by atoms with Crippen molar-refractivity contribution in [3.8, 4) is 11.8 Å². The van der Waals surface area contributed by atoms with Gasteiger partial charge in [0.2, 0.25) is 0 Å². The number of carboxylic acids is 1. The average molecular weight is 639 g/mol. The fourth-order valence-corrected chi connectivity index (χ4v) is 4.70. The van der Waals surface area contributed by atoms with E-state index in [2.05, 4.69) is 10.6 Å². The van der Waals surface area contributed by atoms with Gasteiger partial charge in [-0.2, -0.15) is 5.26 Å². The minimum absolute atomic E-state index is 0.0312. The molecular formula is C34H30N4O9. The van der Waals surface area contributed by atoms with Crippen molar-refractivity contribution in [1.29, 1.82) is 5.26 Å². The van der Waals surface area contributed by atoms with E-state index in [-0.39, 0.29) is 63.7 Å². The molecule has 3 amide bonds. The number of carbonyl (C=O) groups is 4. The molecule has 0 atom stereocenters. The number of aliphatic hydroxyl groups is 3. The number of benzene rings is 4. The summed E-state index contributed by atoms with van der Waals surface area (Å²) < 4.78 is 5.78. The van der Waals surface area contributed by atoms with Crippen LogP contribution in [0.1, 0.15) is 76.4 Å². The summed E-state index contributed by atoms with van der Waals surface area (Å²) in [6, 6.07) is 20.8. The van der Waals surface area contributed by atoms with Gasteiger partial charge in [-0.15, -0.1) is 0 Å². The first-order chi connectivity index (χ1) is 22.5. The van der Waals surface area contributed by atoms with Crippen LogP contribution in [-0.4, -0.2) is 50.7 Å². The van der Waals surface area contributed by atoms with Crippen molar-refractivity contribution < 1.29 is 44.3 Å². The van der Waals surface area contributed by atoms with Gasteiger partial charge < -0.3 is 41.5 Å². The monoisotopic (exact) mass is 638 g/mol. The Hall–Kier alpha value is -6.07. The quantitative estimate of drug-likeness (QED) is 0.106. The van der Waals surface area contributed by atoms with Crippen LogP contribution in [0.4, 0.5) is 11.4 Å². The number of aryl methyl sites for hydroxylation is 1. The lowest BCUT2D eigenvalue weighted by molar-refractivity contribution is -0.0430. The van der Waals surface area contributed by atoms with E-state index in [9.17, 15) is 39.8 Å². The molecule has 0 saturated heterocycles. The minimum Gasteiger partial charge on any atom is -0.488 e. The number of carboxylic acid groups (broad SMARTS) is 1. The highest BCUT2D eigenvalue weighted by molar-refractivity contribution is 6.11. The molecule has 0 aromatic heterocycles. The summed E-state index contributed by atoms with van der Waals surface area (Å²) in [6.45, 7) is -0.175. The van der Waals surface area contributed by atoms with Crippen molar-refractivity contribution >= 4 is 35.1 Å². The van der Waals surface area contributed by atoms with Crippen LogP contribution in [0, 0.1) is 11.3 Å². The van der Waals surface area contributed by atoms with Crippen molar-refractivity contribution in [3.05, 3.63) is 123 Å². The van der Waals surface area contributed by atoms with Gasteiger partial charge in [0.05, 0.1) is 27.9 Å². The topological polar surface area (TPSA) is 232 Å². The molecule has 0 unspecified atom stereocenters. The molecule has 13 heteroatoms. The van der Waals surface area contributed by atoms with E-state index in [1.165, 1.54) is 72.8 Å². The summed E-state index contributed by atoms with van der Waals surface area (Å²) in [6.07, 6.45) is -1.07. The Morgan fingerprint density at radius 3 is 2.19 bits per heavy atom. The minimum atomic E-state index is -2.05. The zero-order valence-electron chi connectivity index (χ0n) is 24.8. The number of nitrogens with two attached hydrogens (primary N) is 1. The van der Waals surface area contributed by atoms with Crippen LogP contribution in [0.15, 0.2) is 78.9 Å². The number of rotatable bonds is 13. The Kier molecular flexibility index (Phi) is 11.0. The van der Waals surface area contributed by atoms with Crippen molar-refractivity contribution in [2.45, 2.75) is 25.7 Å². The maximum absolute atomic E-state index is 13.2. The van der Waals surface area contributed by atoms with Crippen LogP contribution in [0.3, 0.4) is 0 Å². The highest BCUT2D eigenvalue weighted by Gasteiger charge is 2.20. The fourth-order valence-electron chi connectivity index (χ4n) is 4.70. The van der Waals surface area contributed by atoms with Gasteiger partial charge in [-0.1, -0.05) is 24.3 Å². The van der Waals surface area contributed by atoms with Crippen LogP contribution >= 0.6 is 0 Å². The molecule has 13 nitrogen and oxygen atoms in total. The highest BCUT2D eigenvalue weighted by Crippen LogP contribution is 2.26. The lowest BCUT2D eigenvalue weighted by Crippen LogP contribution is -2.20. The molecule has 4 aromatic carbocycles. The van der Waals surface area contributed by atoms with Crippen LogP contribution in [0.5, 0.6) is 5.75 Å².